The largest absolute Gasteiger partial charge is 0.326 e. The van der Waals surface area contributed by atoms with Gasteiger partial charge in [-0.15, -0.1) is 0 Å². The lowest BCUT2D eigenvalue weighted by molar-refractivity contribution is 0.595. The summed E-state index contributed by atoms with van der Waals surface area (Å²) in [6.07, 6.45) is 3.87. The van der Waals surface area contributed by atoms with Crippen molar-refractivity contribution >= 4 is 21.0 Å². The van der Waals surface area contributed by atoms with Crippen LogP contribution in [0, 0.1) is 0 Å². The number of hydrogen-bond acceptors (Lipinski definition) is 5. The number of aromatic nitrogens is 4. The van der Waals surface area contributed by atoms with Gasteiger partial charge in [-0.25, -0.2) is 18.4 Å². The maximum Gasteiger partial charge on any atom is 0.227 e. The van der Waals surface area contributed by atoms with Crippen molar-refractivity contribution in [2.45, 2.75) is 5.16 Å². The maximum absolute atomic E-state index is 11.1. The van der Waals surface area contributed by atoms with Gasteiger partial charge in [0.05, 0.1) is 6.20 Å². The normalized spacial score (nSPS) is 12.1. The monoisotopic (exact) mass is 198 g/mol. The van der Waals surface area contributed by atoms with E-state index in [1.165, 1.54) is 12.5 Å². The smallest absolute Gasteiger partial charge is 0.227 e. The Morgan fingerprint density at radius 3 is 2.85 bits per heavy atom. The summed E-state index contributed by atoms with van der Waals surface area (Å²) in [6.45, 7) is 0. The molecule has 0 saturated carbocycles. The SMILES string of the molecule is CS(=O)(=O)c1nc2ncncc2[nH]1. The summed E-state index contributed by atoms with van der Waals surface area (Å²) >= 11 is 0. The number of imidazole rings is 1. The molecule has 0 unspecified atom stereocenters. The van der Waals surface area contributed by atoms with Gasteiger partial charge >= 0.3 is 0 Å². The molecule has 2 aromatic heterocycles. The lowest BCUT2D eigenvalue weighted by Crippen LogP contribution is -1.98. The van der Waals surface area contributed by atoms with E-state index in [9.17, 15) is 8.42 Å². The highest BCUT2D eigenvalue weighted by Gasteiger charge is 2.12. The van der Waals surface area contributed by atoms with Gasteiger partial charge in [-0.05, 0) is 0 Å². The van der Waals surface area contributed by atoms with Crippen LogP contribution in [0.1, 0.15) is 0 Å². The van der Waals surface area contributed by atoms with E-state index in [0.717, 1.165) is 6.26 Å². The van der Waals surface area contributed by atoms with E-state index in [2.05, 4.69) is 19.9 Å². The van der Waals surface area contributed by atoms with Crippen LogP contribution in [0.3, 0.4) is 0 Å². The third kappa shape index (κ3) is 1.37. The minimum atomic E-state index is -3.30. The maximum atomic E-state index is 11.1. The summed E-state index contributed by atoms with van der Waals surface area (Å²) in [5, 5.41) is -0.0806. The van der Waals surface area contributed by atoms with Crippen molar-refractivity contribution in [3.63, 3.8) is 0 Å². The molecule has 68 valence electrons. The predicted octanol–water partition coefficient (Wildman–Crippen LogP) is -0.244. The van der Waals surface area contributed by atoms with Crippen LogP contribution in [-0.2, 0) is 9.84 Å². The molecule has 2 heterocycles. The van der Waals surface area contributed by atoms with Crippen LogP contribution in [-0.4, -0.2) is 34.6 Å². The zero-order chi connectivity index (χ0) is 9.47. The van der Waals surface area contributed by atoms with Crippen molar-refractivity contribution in [3.8, 4) is 0 Å². The second kappa shape index (κ2) is 2.49. The van der Waals surface area contributed by atoms with Gasteiger partial charge < -0.3 is 4.98 Å². The summed E-state index contributed by atoms with van der Waals surface area (Å²) in [5.41, 5.74) is 0.873. The van der Waals surface area contributed by atoms with Gasteiger partial charge in [-0.1, -0.05) is 0 Å². The Bertz CT molecular complexity index is 512. The van der Waals surface area contributed by atoms with Crippen molar-refractivity contribution in [1.29, 1.82) is 0 Å². The fourth-order valence-electron chi connectivity index (χ4n) is 0.915. The number of hydrogen-bond donors (Lipinski definition) is 1. The predicted molar refractivity (Wildman–Crippen MR) is 44.8 cm³/mol. The zero-order valence-corrected chi connectivity index (χ0v) is 7.54. The van der Waals surface area contributed by atoms with Gasteiger partial charge in [0, 0.05) is 6.26 Å². The first-order valence-corrected chi connectivity index (χ1v) is 5.32. The second-order valence-electron chi connectivity index (χ2n) is 2.57. The number of fused-ring (bicyclic) bond motifs is 1. The third-order valence-corrected chi connectivity index (χ3v) is 2.39. The van der Waals surface area contributed by atoms with Gasteiger partial charge in [0.15, 0.2) is 5.65 Å². The lowest BCUT2D eigenvalue weighted by atomic mass is 10.6. The second-order valence-corrected chi connectivity index (χ2v) is 4.51. The molecule has 13 heavy (non-hydrogen) atoms. The molecule has 0 radical (unpaired) electrons. The first-order chi connectivity index (χ1) is 6.07. The molecule has 0 aliphatic heterocycles. The Hall–Kier alpha value is -1.50. The average Bonchev–Trinajstić information content (AvgIpc) is 2.45. The molecule has 0 saturated heterocycles. The van der Waals surface area contributed by atoms with Gasteiger partial charge in [0.2, 0.25) is 15.0 Å². The van der Waals surface area contributed by atoms with Gasteiger partial charge in [-0.2, -0.15) is 4.98 Å². The highest BCUT2D eigenvalue weighted by atomic mass is 32.2. The van der Waals surface area contributed by atoms with Crippen LogP contribution in [0.25, 0.3) is 11.2 Å². The summed E-state index contributed by atoms with van der Waals surface area (Å²) in [6, 6.07) is 0. The molecular formula is C6H6N4O2S. The molecule has 0 fully saturated rings. The molecule has 0 bridgehead atoms. The summed E-state index contributed by atoms with van der Waals surface area (Å²) < 4.78 is 22.1. The van der Waals surface area contributed by atoms with Crippen molar-refractivity contribution < 1.29 is 8.42 Å². The lowest BCUT2D eigenvalue weighted by Gasteiger charge is -1.86. The summed E-state index contributed by atoms with van der Waals surface area (Å²) in [7, 11) is -3.30. The Morgan fingerprint density at radius 2 is 2.23 bits per heavy atom. The quantitative estimate of drug-likeness (QED) is 0.682. The topological polar surface area (TPSA) is 88.6 Å². The van der Waals surface area contributed by atoms with Crippen LogP contribution in [0.2, 0.25) is 0 Å². The van der Waals surface area contributed by atoms with Crippen molar-refractivity contribution in [3.05, 3.63) is 12.5 Å². The van der Waals surface area contributed by atoms with E-state index in [1.807, 2.05) is 0 Å². The fourth-order valence-corrected chi connectivity index (χ4v) is 1.46. The number of rotatable bonds is 1. The molecule has 1 N–H and O–H groups in total. The molecule has 0 amide bonds. The van der Waals surface area contributed by atoms with Crippen LogP contribution in [0.5, 0.6) is 0 Å². The molecule has 7 heteroatoms. The number of nitrogens with one attached hydrogen (secondary N) is 1. The molecule has 0 spiro atoms. The van der Waals surface area contributed by atoms with Gasteiger partial charge in [0.25, 0.3) is 0 Å². The first-order valence-electron chi connectivity index (χ1n) is 3.43. The number of aromatic amines is 1. The number of sulfone groups is 1. The minimum Gasteiger partial charge on any atom is -0.326 e. The average molecular weight is 198 g/mol. The Kier molecular flexibility index (Phi) is 1.56. The van der Waals surface area contributed by atoms with E-state index < -0.39 is 9.84 Å². The molecule has 0 atom stereocenters. The van der Waals surface area contributed by atoms with Gasteiger partial charge in [-0.3, -0.25) is 0 Å². The number of H-pyrrole nitrogens is 1. The van der Waals surface area contributed by atoms with Crippen LogP contribution in [0.15, 0.2) is 17.7 Å². The summed E-state index contributed by atoms with van der Waals surface area (Å²) in [5.74, 6) is 0. The van der Waals surface area contributed by atoms with Crippen LogP contribution in [0.4, 0.5) is 0 Å². The first kappa shape index (κ1) is 8.11. The van der Waals surface area contributed by atoms with E-state index in [4.69, 9.17) is 0 Å². The van der Waals surface area contributed by atoms with Crippen molar-refractivity contribution in [1.82, 2.24) is 19.9 Å². The highest BCUT2D eigenvalue weighted by molar-refractivity contribution is 7.90. The van der Waals surface area contributed by atoms with Crippen molar-refractivity contribution in [2.75, 3.05) is 6.26 Å². The molecule has 0 aromatic carbocycles. The Morgan fingerprint density at radius 1 is 1.46 bits per heavy atom. The molecule has 6 nitrogen and oxygen atoms in total. The standard InChI is InChI=1S/C6H6N4O2S/c1-13(11,12)6-9-4-2-7-3-8-5(4)10-6/h2-3H,1H3,(H,7,8,9,10). The van der Waals surface area contributed by atoms with E-state index in [0.29, 0.717) is 11.2 Å². The van der Waals surface area contributed by atoms with Gasteiger partial charge in [0.1, 0.15) is 11.8 Å². The fraction of sp³-hybridized carbons (Fsp3) is 0.167. The summed E-state index contributed by atoms with van der Waals surface area (Å²) in [4.78, 5) is 13.9. The molecule has 0 aliphatic carbocycles. The van der Waals surface area contributed by atoms with Crippen molar-refractivity contribution in [2.24, 2.45) is 0 Å². The molecule has 2 aromatic rings. The van der Waals surface area contributed by atoms with E-state index in [-0.39, 0.29) is 5.16 Å². The Labute approximate surface area is 74.0 Å². The molecule has 0 aliphatic rings. The van der Waals surface area contributed by atoms with E-state index >= 15 is 0 Å². The van der Waals surface area contributed by atoms with Crippen LogP contribution < -0.4 is 0 Å². The minimum absolute atomic E-state index is 0.0806. The molecule has 2 rings (SSSR count). The number of nitrogens with zero attached hydrogens (tertiary/aromatic N) is 3. The Balaban J connectivity index is 2.77. The zero-order valence-electron chi connectivity index (χ0n) is 6.72. The third-order valence-electron chi connectivity index (χ3n) is 1.49. The molecular weight excluding hydrogens is 192 g/mol. The van der Waals surface area contributed by atoms with Crippen LogP contribution >= 0.6 is 0 Å². The van der Waals surface area contributed by atoms with E-state index in [1.54, 1.807) is 0 Å². The highest BCUT2D eigenvalue weighted by Crippen LogP contribution is 2.09.